The molecule has 0 radical (unpaired) electrons. The number of hydrogen-bond acceptors (Lipinski definition) is 5. The van der Waals surface area contributed by atoms with Crippen molar-refractivity contribution >= 4 is 12.9 Å². The second-order valence-corrected chi connectivity index (χ2v) is 2.93. The molecule has 0 atom stereocenters. The molecule has 5 heteroatoms. The Bertz CT molecular complexity index is 351. The van der Waals surface area contributed by atoms with E-state index in [2.05, 4.69) is 14.5 Å². The van der Waals surface area contributed by atoms with Crippen molar-refractivity contribution in [3.63, 3.8) is 0 Å². The van der Waals surface area contributed by atoms with Crippen LogP contribution in [-0.4, -0.2) is 17.9 Å². The molecule has 0 saturated carbocycles. The summed E-state index contributed by atoms with van der Waals surface area (Å²) in [5.41, 5.74) is 2.29. The lowest BCUT2D eigenvalue weighted by molar-refractivity contribution is -0.131. The summed E-state index contributed by atoms with van der Waals surface area (Å²) in [4.78, 5) is 24.2. The predicted octanol–water partition coefficient (Wildman–Crippen LogP) is 0.736. The number of carbonyl (C=O) groups excluding carboxylic acids is 2. The van der Waals surface area contributed by atoms with E-state index in [1.54, 1.807) is 6.20 Å². The molecule has 5 nitrogen and oxygen atoms in total. The van der Waals surface area contributed by atoms with Crippen molar-refractivity contribution in [3.8, 4) is 0 Å². The van der Waals surface area contributed by atoms with Gasteiger partial charge in [0.1, 0.15) is 13.2 Å². The van der Waals surface area contributed by atoms with Gasteiger partial charge in [-0.15, -0.1) is 0 Å². The second kappa shape index (κ2) is 5.74. The van der Waals surface area contributed by atoms with E-state index in [0.717, 1.165) is 11.1 Å². The zero-order valence-corrected chi connectivity index (χ0v) is 8.30. The van der Waals surface area contributed by atoms with Crippen LogP contribution in [0.25, 0.3) is 0 Å². The van der Waals surface area contributed by atoms with Gasteiger partial charge >= 0.3 is 0 Å². The fourth-order valence-electron chi connectivity index (χ4n) is 1.15. The molecular formula is C10H11NO4. The molecule has 0 spiro atoms. The number of aromatic nitrogens is 1. The lowest BCUT2D eigenvalue weighted by atomic mass is 10.1. The lowest BCUT2D eigenvalue weighted by Crippen LogP contribution is -2.02. The van der Waals surface area contributed by atoms with Crippen LogP contribution >= 0.6 is 0 Å². The standard InChI is InChI=1S/C10H11NO4/c1-8-2-9(4-14-6-12)10(11-3-8)5-15-7-13/h2-3,6-7H,4-5H2,1H3. The van der Waals surface area contributed by atoms with Gasteiger partial charge in [-0.1, -0.05) is 0 Å². The third-order valence-corrected chi connectivity index (χ3v) is 1.79. The Morgan fingerprint density at radius 3 is 2.60 bits per heavy atom. The molecule has 0 aliphatic carbocycles. The van der Waals surface area contributed by atoms with Crippen LogP contribution in [0, 0.1) is 6.92 Å². The maximum absolute atomic E-state index is 10.1. The van der Waals surface area contributed by atoms with Crippen LogP contribution in [0.1, 0.15) is 16.8 Å². The molecule has 1 rings (SSSR count). The van der Waals surface area contributed by atoms with Crippen molar-refractivity contribution < 1.29 is 19.1 Å². The molecule has 0 fully saturated rings. The summed E-state index contributed by atoms with van der Waals surface area (Å²) < 4.78 is 9.22. The summed E-state index contributed by atoms with van der Waals surface area (Å²) >= 11 is 0. The summed E-state index contributed by atoms with van der Waals surface area (Å²) in [6, 6.07) is 1.83. The van der Waals surface area contributed by atoms with Gasteiger partial charge in [0, 0.05) is 11.8 Å². The molecule has 0 aromatic carbocycles. The third-order valence-electron chi connectivity index (χ3n) is 1.79. The van der Waals surface area contributed by atoms with Crippen LogP contribution in [0.3, 0.4) is 0 Å². The second-order valence-electron chi connectivity index (χ2n) is 2.93. The van der Waals surface area contributed by atoms with Crippen LogP contribution < -0.4 is 0 Å². The topological polar surface area (TPSA) is 65.5 Å². The number of carbonyl (C=O) groups is 2. The Morgan fingerprint density at radius 2 is 1.93 bits per heavy atom. The minimum atomic E-state index is 0.0847. The molecule has 15 heavy (non-hydrogen) atoms. The smallest absolute Gasteiger partial charge is 0.293 e. The number of aryl methyl sites for hydroxylation is 1. The first-order chi connectivity index (χ1) is 7.27. The minimum absolute atomic E-state index is 0.0847. The molecule has 1 heterocycles. The van der Waals surface area contributed by atoms with E-state index in [1.807, 2.05) is 13.0 Å². The molecule has 0 saturated heterocycles. The van der Waals surface area contributed by atoms with Gasteiger partial charge in [-0.3, -0.25) is 14.6 Å². The van der Waals surface area contributed by atoms with Crippen LogP contribution in [0.5, 0.6) is 0 Å². The van der Waals surface area contributed by atoms with Gasteiger partial charge < -0.3 is 9.47 Å². The van der Waals surface area contributed by atoms with Gasteiger partial charge in [-0.25, -0.2) is 0 Å². The maximum atomic E-state index is 10.1. The summed E-state index contributed by atoms with van der Waals surface area (Å²) in [5, 5.41) is 0. The average molecular weight is 209 g/mol. The highest BCUT2D eigenvalue weighted by molar-refractivity contribution is 5.39. The number of pyridine rings is 1. The zero-order chi connectivity index (χ0) is 11.1. The number of hydrogen-bond donors (Lipinski definition) is 0. The first kappa shape index (κ1) is 11.2. The molecule has 1 aromatic heterocycles. The molecule has 0 unspecified atom stereocenters. The highest BCUT2D eigenvalue weighted by atomic mass is 16.5. The maximum Gasteiger partial charge on any atom is 0.293 e. The number of ether oxygens (including phenoxy) is 2. The molecule has 1 aromatic rings. The van der Waals surface area contributed by atoms with E-state index in [4.69, 9.17) is 0 Å². The Kier molecular flexibility index (Phi) is 4.28. The molecule has 0 N–H and O–H groups in total. The summed E-state index contributed by atoms with van der Waals surface area (Å²) in [6.07, 6.45) is 1.66. The van der Waals surface area contributed by atoms with Gasteiger partial charge in [-0.2, -0.15) is 0 Å². The molecular weight excluding hydrogens is 198 g/mol. The van der Waals surface area contributed by atoms with E-state index in [9.17, 15) is 9.59 Å². The van der Waals surface area contributed by atoms with Gasteiger partial charge in [0.25, 0.3) is 12.9 Å². The summed E-state index contributed by atoms with van der Waals surface area (Å²) in [5.74, 6) is 0. The SMILES string of the molecule is Cc1cnc(COC=O)c(COC=O)c1. The molecule has 0 aliphatic rings. The lowest BCUT2D eigenvalue weighted by Gasteiger charge is -2.07. The van der Waals surface area contributed by atoms with Crippen molar-refractivity contribution in [2.24, 2.45) is 0 Å². The Hall–Kier alpha value is -1.91. The Balaban J connectivity index is 2.81. The summed E-state index contributed by atoms with van der Waals surface area (Å²) in [7, 11) is 0. The fourth-order valence-corrected chi connectivity index (χ4v) is 1.15. The van der Waals surface area contributed by atoms with Crippen LogP contribution in [0.2, 0.25) is 0 Å². The van der Waals surface area contributed by atoms with E-state index < -0.39 is 0 Å². The average Bonchev–Trinajstić information content (AvgIpc) is 2.25. The first-order valence-corrected chi connectivity index (χ1v) is 4.33. The number of nitrogens with zero attached hydrogens (tertiary/aromatic N) is 1. The van der Waals surface area contributed by atoms with Gasteiger partial charge in [-0.05, 0) is 18.6 Å². The highest BCUT2D eigenvalue weighted by Gasteiger charge is 2.05. The minimum Gasteiger partial charge on any atom is -0.463 e. The van der Waals surface area contributed by atoms with Crippen molar-refractivity contribution in [3.05, 3.63) is 29.1 Å². The van der Waals surface area contributed by atoms with Crippen LogP contribution in [-0.2, 0) is 32.3 Å². The quantitative estimate of drug-likeness (QED) is 0.646. The van der Waals surface area contributed by atoms with E-state index in [-0.39, 0.29) is 13.2 Å². The zero-order valence-electron chi connectivity index (χ0n) is 8.30. The van der Waals surface area contributed by atoms with Gasteiger partial charge in [0.15, 0.2) is 0 Å². The highest BCUT2D eigenvalue weighted by Crippen LogP contribution is 2.10. The van der Waals surface area contributed by atoms with Crippen molar-refractivity contribution in [2.75, 3.05) is 0 Å². The summed E-state index contributed by atoms with van der Waals surface area (Å²) in [6.45, 7) is 2.82. The third kappa shape index (κ3) is 3.38. The Labute approximate surface area is 87.0 Å². The van der Waals surface area contributed by atoms with E-state index in [0.29, 0.717) is 18.6 Å². The molecule has 0 bridgehead atoms. The van der Waals surface area contributed by atoms with Crippen molar-refractivity contribution in [1.29, 1.82) is 0 Å². The Morgan fingerprint density at radius 1 is 1.27 bits per heavy atom. The number of rotatable bonds is 6. The molecule has 0 amide bonds. The van der Waals surface area contributed by atoms with E-state index >= 15 is 0 Å². The monoisotopic (exact) mass is 209 g/mol. The normalized spacial score (nSPS) is 9.40. The van der Waals surface area contributed by atoms with Gasteiger partial charge in [0.05, 0.1) is 5.69 Å². The van der Waals surface area contributed by atoms with E-state index in [1.165, 1.54) is 0 Å². The van der Waals surface area contributed by atoms with Crippen LogP contribution in [0.4, 0.5) is 0 Å². The molecule has 0 aliphatic heterocycles. The van der Waals surface area contributed by atoms with Crippen LogP contribution in [0.15, 0.2) is 12.3 Å². The largest absolute Gasteiger partial charge is 0.463 e. The fraction of sp³-hybridized carbons (Fsp3) is 0.300. The molecule has 80 valence electrons. The van der Waals surface area contributed by atoms with Crippen molar-refractivity contribution in [2.45, 2.75) is 20.1 Å². The first-order valence-electron chi connectivity index (χ1n) is 4.33. The predicted molar refractivity (Wildman–Crippen MR) is 50.7 cm³/mol. The van der Waals surface area contributed by atoms with Gasteiger partial charge in [0.2, 0.25) is 0 Å². The van der Waals surface area contributed by atoms with Crippen molar-refractivity contribution in [1.82, 2.24) is 4.98 Å².